The fraction of sp³-hybridized carbons (Fsp3) is 0.250. The van der Waals surface area contributed by atoms with Crippen LogP contribution in [0.1, 0.15) is 39.3 Å². The topological polar surface area (TPSA) is 92.3 Å². The zero-order valence-electron chi connectivity index (χ0n) is 16.2. The molecule has 0 saturated carbocycles. The average molecular weight is 465 g/mol. The number of aromatic nitrogens is 2. The molecule has 31 heavy (non-hydrogen) atoms. The number of amides is 1. The van der Waals surface area contributed by atoms with E-state index in [-0.39, 0.29) is 16.4 Å². The second-order valence-corrected chi connectivity index (χ2v) is 9.96. The van der Waals surface area contributed by atoms with Crippen LogP contribution in [-0.4, -0.2) is 35.4 Å². The smallest absolute Gasteiger partial charge is 0.286 e. The molecule has 0 spiro atoms. The van der Waals surface area contributed by atoms with Gasteiger partial charge >= 0.3 is 0 Å². The van der Waals surface area contributed by atoms with Crippen molar-refractivity contribution in [2.75, 3.05) is 11.9 Å². The van der Waals surface area contributed by atoms with Crippen molar-refractivity contribution in [2.45, 2.75) is 24.6 Å². The van der Waals surface area contributed by atoms with Gasteiger partial charge in [0.25, 0.3) is 5.91 Å². The first-order valence-corrected chi connectivity index (χ1v) is 11.9. The van der Waals surface area contributed by atoms with Crippen LogP contribution in [0.5, 0.6) is 0 Å². The molecule has 0 aliphatic carbocycles. The average Bonchev–Trinajstić information content (AvgIpc) is 3.40. The predicted molar refractivity (Wildman–Crippen MR) is 112 cm³/mol. The highest BCUT2D eigenvalue weighted by atomic mass is 32.2. The number of carbonyl (C=O) groups is 1. The molecule has 3 aromatic rings. The van der Waals surface area contributed by atoms with E-state index in [1.54, 1.807) is 24.3 Å². The van der Waals surface area contributed by atoms with Crippen molar-refractivity contribution in [3.8, 4) is 0 Å². The highest BCUT2D eigenvalue weighted by molar-refractivity contribution is 7.88. The fourth-order valence-corrected chi connectivity index (χ4v) is 6.15. The van der Waals surface area contributed by atoms with Crippen molar-refractivity contribution < 1.29 is 22.0 Å². The van der Waals surface area contributed by atoms with Crippen molar-refractivity contribution >= 4 is 33.0 Å². The number of nitrogens with one attached hydrogen (secondary N) is 1. The molecule has 1 saturated heterocycles. The fourth-order valence-electron chi connectivity index (χ4n) is 3.42. The lowest BCUT2D eigenvalue weighted by molar-refractivity contribution is 0.102. The molecular weight excluding hydrogens is 446 g/mol. The molecule has 1 N–H and O–H groups in total. The highest BCUT2D eigenvalue weighted by Crippen LogP contribution is 2.36. The van der Waals surface area contributed by atoms with Gasteiger partial charge in [0.1, 0.15) is 16.6 Å². The Labute approximate surface area is 181 Å². The summed E-state index contributed by atoms with van der Waals surface area (Å²) >= 11 is 0.956. The number of rotatable bonds is 6. The van der Waals surface area contributed by atoms with E-state index in [0.29, 0.717) is 36.0 Å². The zero-order valence-corrected chi connectivity index (χ0v) is 17.8. The first-order valence-electron chi connectivity index (χ1n) is 9.47. The second kappa shape index (κ2) is 8.77. The Morgan fingerprint density at radius 2 is 1.94 bits per heavy atom. The van der Waals surface area contributed by atoms with E-state index in [9.17, 15) is 22.0 Å². The number of hydrogen-bond donors (Lipinski definition) is 1. The first kappa shape index (κ1) is 21.5. The molecule has 0 radical (unpaired) electrons. The molecule has 11 heteroatoms. The maximum Gasteiger partial charge on any atom is 0.286 e. The lowest BCUT2D eigenvalue weighted by atomic mass is 10.2. The monoisotopic (exact) mass is 464 g/mol. The van der Waals surface area contributed by atoms with Crippen molar-refractivity contribution in [1.82, 2.24) is 14.5 Å². The normalized spacial score (nSPS) is 17.0. The van der Waals surface area contributed by atoms with Crippen LogP contribution in [0.15, 0.2) is 48.5 Å². The molecule has 1 aliphatic rings. The number of hydrogen-bond acceptors (Lipinski definition) is 6. The molecule has 7 nitrogen and oxygen atoms in total. The third-order valence-corrected chi connectivity index (χ3v) is 7.73. The van der Waals surface area contributed by atoms with Crippen molar-refractivity contribution in [2.24, 2.45) is 0 Å². The Morgan fingerprint density at radius 3 is 2.68 bits per heavy atom. The van der Waals surface area contributed by atoms with Gasteiger partial charge in [-0.3, -0.25) is 4.79 Å². The van der Waals surface area contributed by atoms with Gasteiger partial charge in [0.05, 0.1) is 17.5 Å². The quantitative estimate of drug-likeness (QED) is 0.600. The Kier molecular flexibility index (Phi) is 6.08. The Bertz CT molecular complexity index is 1200. The van der Waals surface area contributed by atoms with E-state index in [1.807, 2.05) is 6.07 Å². The molecule has 1 aliphatic heterocycles. The summed E-state index contributed by atoms with van der Waals surface area (Å²) in [5.74, 6) is -2.50. The van der Waals surface area contributed by atoms with E-state index >= 15 is 0 Å². The molecule has 1 atom stereocenters. The summed E-state index contributed by atoms with van der Waals surface area (Å²) in [7, 11) is -3.59. The van der Waals surface area contributed by atoms with Gasteiger partial charge in [-0.2, -0.15) is 4.31 Å². The van der Waals surface area contributed by atoms with Gasteiger partial charge in [-0.25, -0.2) is 17.2 Å². The van der Waals surface area contributed by atoms with Gasteiger partial charge in [0.2, 0.25) is 15.0 Å². The maximum absolute atomic E-state index is 13.8. The van der Waals surface area contributed by atoms with Crippen LogP contribution < -0.4 is 5.32 Å². The minimum absolute atomic E-state index is 0.0361. The lowest BCUT2D eigenvalue weighted by Crippen LogP contribution is -2.31. The Morgan fingerprint density at radius 1 is 1.16 bits per heavy atom. The van der Waals surface area contributed by atoms with E-state index in [2.05, 4.69) is 15.5 Å². The van der Waals surface area contributed by atoms with Crippen LogP contribution in [0.4, 0.5) is 14.5 Å². The predicted octanol–water partition coefficient (Wildman–Crippen LogP) is 3.74. The summed E-state index contributed by atoms with van der Waals surface area (Å²) in [6.07, 6.45) is 1.23. The van der Waals surface area contributed by atoms with Gasteiger partial charge in [-0.05, 0) is 30.5 Å². The maximum atomic E-state index is 13.8. The first-order chi connectivity index (χ1) is 14.8. The van der Waals surface area contributed by atoms with Crippen molar-refractivity contribution in [1.29, 1.82) is 0 Å². The number of benzene rings is 2. The summed E-state index contributed by atoms with van der Waals surface area (Å²) < 4.78 is 54.1. The summed E-state index contributed by atoms with van der Waals surface area (Å²) in [6.45, 7) is 0.363. The van der Waals surface area contributed by atoms with Crippen LogP contribution in [0.3, 0.4) is 0 Å². The zero-order chi connectivity index (χ0) is 22.0. The number of carbonyl (C=O) groups excluding carboxylic acids is 1. The van der Waals surface area contributed by atoms with E-state index in [0.717, 1.165) is 23.5 Å². The highest BCUT2D eigenvalue weighted by Gasteiger charge is 2.37. The number of anilines is 1. The minimum atomic E-state index is -3.59. The number of sulfonamides is 1. The summed E-state index contributed by atoms with van der Waals surface area (Å²) in [4.78, 5) is 12.4. The molecule has 0 bridgehead atoms. The molecule has 2 aromatic carbocycles. The molecule has 2 heterocycles. The number of halogens is 2. The largest absolute Gasteiger partial charge is 0.317 e. The molecule has 1 aromatic heterocycles. The third kappa shape index (κ3) is 4.78. The molecule has 1 fully saturated rings. The van der Waals surface area contributed by atoms with Gasteiger partial charge in [-0.1, -0.05) is 41.7 Å². The van der Waals surface area contributed by atoms with Crippen LogP contribution in [0, 0.1) is 11.6 Å². The summed E-state index contributed by atoms with van der Waals surface area (Å²) in [6, 6.07) is 11.2. The molecule has 0 unspecified atom stereocenters. The van der Waals surface area contributed by atoms with Crippen LogP contribution in [-0.2, 0) is 15.8 Å². The summed E-state index contributed by atoms with van der Waals surface area (Å²) in [5, 5.41) is 10.6. The Hall–Kier alpha value is -2.76. The van der Waals surface area contributed by atoms with Crippen molar-refractivity contribution in [3.05, 3.63) is 75.7 Å². The molecule has 4 rings (SSSR count). The SMILES string of the molecule is O=C(Nc1ccc(F)cc1F)c1nnc([C@H]2CCCN2S(=O)(=O)Cc2ccccc2)s1. The van der Waals surface area contributed by atoms with Gasteiger partial charge in [0, 0.05) is 12.6 Å². The van der Waals surface area contributed by atoms with Gasteiger partial charge in [-0.15, -0.1) is 10.2 Å². The van der Waals surface area contributed by atoms with Crippen LogP contribution >= 0.6 is 11.3 Å². The molecular formula is C20H18F2N4O3S2. The van der Waals surface area contributed by atoms with E-state index in [4.69, 9.17) is 0 Å². The Balaban J connectivity index is 1.50. The summed E-state index contributed by atoms with van der Waals surface area (Å²) in [5.41, 5.74) is 0.503. The third-order valence-electron chi connectivity index (χ3n) is 4.85. The molecule has 162 valence electrons. The van der Waals surface area contributed by atoms with E-state index < -0.39 is 33.6 Å². The van der Waals surface area contributed by atoms with Gasteiger partial charge < -0.3 is 5.32 Å². The van der Waals surface area contributed by atoms with Crippen LogP contribution in [0.2, 0.25) is 0 Å². The van der Waals surface area contributed by atoms with Crippen LogP contribution in [0.25, 0.3) is 0 Å². The van der Waals surface area contributed by atoms with E-state index in [1.165, 1.54) is 4.31 Å². The lowest BCUT2D eigenvalue weighted by Gasteiger charge is -2.22. The molecule has 1 amide bonds. The minimum Gasteiger partial charge on any atom is -0.317 e. The van der Waals surface area contributed by atoms with Crippen molar-refractivity contribution in [3.63, 3.8) is 0 Å². The van der Waals surface area contributed by atoms with Gasteiger partial charge in [0.15, 0.2) is 0 Å². The standard InChI is InChI=1S/C20H18F2N4O3S2/c21-14-8-9-16(15(22)11-14)23-18(27)20-25-24-19(30-20)17-7-4-10-26(17)31(28,29)12-13-5-2-1-3-6-13/h1-3,5-6,8-9,11,17H,4,7,10,12H2,(H,23,27)/t17-/m1/s1. The number of nitrogens with zero attached hydrogens (tertiary/aromatic N) is 3. The second-order valence-electron chi connectivity index (χ2n) is 7.03.